The van der Waals surface area contributed by atoms with Crippen molar-refractivity contribution in [3.8, 4) is 11.5 Å². The van der Waals surface area contributed by atoms with E-state index in [0.717, 1.165) is 36.3 Å². The molecule has 1 amide bonds. The van der Waals surface area contributed by atoms with E-state index in [1.165, 1.54) is 5.56 Å². The van der Waals surface area contributed by atoms with Gasteiger partial charge in [0.2, 0.25) is 5.91 Å². The summed E-state index contributed by atoms with van der Waals surface area (Å²) in [5, 5.41) is 2.87. The van der Waals surface area contributed by atoms with Gasteiger partial charge in [0.05, 0.1) is 6.61 Å². The summed E-state index contributed by atoms with van der Waals surface area (Å²) in [4.78, 5) is 11.8. The van der Waals surface area contributed by atoms with Crippen LogP contribution in [0.4, 0.5) is 0 Å². The van der Waals surface area contributed by atoms with Gasteiger partial charge in [0, 0.05) is 30.2 Å². The third-order valence-electron chi connectivity index (χ3n) is 3.57. The van der Waals surface area contributed by atoms with Gasteiger partial charge in [0.25, 0.3) is 0 Å². The summed E-state index contributed by atoms with van der Waals surface area (Å²) in [6, 6.07) is 3.98. The highest BCUT2D eigenvalue weighted by molar-refractivity contribution is 5.92. The van der Waals surface area contributed by atoms with Crippen molar-refractivity contribution in [1.29, 1.82) is 0 Å². The van der Waals surface area contributed by atoms with Crippen LogP contribution in [0.2, 0.25) is 0 Å². The molecule has 1 aromatic rings. The van der Waals surface area contributed by atoms with E-state index in [0.29, 0.717) is 13.2 Å². The minimum atomic E-state index is -0.0781. The van der Waals surface area contributed by atoms with E-state index in [9.17, 15) is 4.79 Å². The molecule has 22 heavy (non-hydrogen) atoms. The lowest BCUT2D eigenvalue weighted by molar-refractivity contribution is -0.116. The lowest BCUT2D eigenvalue weighted by Gasteiger charge is -2.10. The van der Waals surface area contributed by atoms with Crippen LogP contribution in [0.3, 0.4) is 0 Å². The van der Waals surface area contributed by atoms with Gasteiger partial charge in [-0.3, -0.25) is 4.79 Å². The minimum Gasteiger partial charge on any atom is -0.493 e. The number of benzene rings is 1. The maximum atomic E-state index is 11.8. The van der Waals surface area contributed by atoms with Crippen molar-refractivity contribution >= 4 is 12.0 Å². The molecule has 1 unspecified atom stereocenters. The fourth-order valence-corrected chi connectivity index (χ4v) is 2.48. The summed E-state index contributed by atoms with van der Waals surface area (Å²) in [5.74, 6) is 1.62. The van der Waals surface area contributed by atoms with Crippen LogP contribution in [0.25, 0.3) is 6.08 Å². The van der Waals surface area contributed by atoms with Crippen LogP contribution in [0.15, 0.2) is 18.2 Å². The minimum absolute atomic E-state index is 0.0781. The number of nitrogens with one attached hydrogen (secondary N) is 1. The highest BCUT2D eigenvalue weighted by Gasteiger charge is 2.21. The average molecular weight is 303 g/mol. The second kappa shape index (κ2) is 7.87. The van der Waals surface area contributed by atoms with E-state index in [2.05, 4.69) is 19.2 Å². The first-order valence-electron chi connectivity index (χ1n) is 8.06. The van der Waals surface area contributed by atoms with Crippen LogP contribution in [0.5, 0.6) is 11.5 Å². The van der Waals surface area contributed by atoms with Crippen LogP contribution in [0.1, 0.15) is 44.7 Å². The Bertz CT molecular complexity index is 552. The molecular weight excluding hydrogens is 278 g/mol. The van der Waals surface area contributed by atoms with Gasteiger partial charge in [0.1, 0.15) is 17.6 Å². The van der Waals surface area contributed by atoms with E-state index in [4.69, 9.17) is 9.47 Å². The van der Waals surface area contributed by atoms with Crippen molar-refractivity contribution in [3.05, 3.63) is 29.3 Å². The zero-order valence-corrected chi connectivity index (χ0v) is 13.6. The van der Waals surface area contributed by atoms with Gasteiger partial charge < -0.3 is 14.8 Å². The number of unbranched alkanes of at least 4 members (excludes halogenated alkanes) is 1. The first kappa shape index (κ1) is 16.4. The summed E-state index contributed by atoms with van der Waals surface area (Å²) in [7, 11) is 0. The normalized spacial score (nSPS) is 16.4. The molecule has 0 aromatic heterocycles. The van der Waals surface area contributed by atoms with Gasteiger partial charge in [-0.1, -0.05) is 13.3 Å². The second-order valence-corrected chi connectivity index (χ2v) is 5.54. The van der Waals surface area contributed by atoms with Gasteiger partial charge in [-0.05, 0) is 38.5 Å². The monoisotopic (exact) mass is 303 g/mol. The molecule has 1 aromatic carbocycles. The second-order valence-electron chi connectivity index (χ2n) is 5.54. The highest BCUT2D eigenvalue weighted by Crippen LogP contribution is 2.35. The fourth-order valence-electron chi connectivity index (χ4n) is 2.48. The molecule has 4 nitrogen and oxygen atoms in total. The third kappa shape index (κ3) is 4.26. The van der Waals surface area contributed by atoms with Gasteiger partial charge in [-0.25, -0.2) is 0 Å². The quantitative estimate of drug-likeness (QED) is 0.621. The van der Waals surface area contributed by atoms with E-state index < -0.39 is 0 Å². The lowest BCUT2D eigenvalue weighted by atomic mass is 10.1. The topological polar surface area (TPSA) is 47.6 Å². The van der Waals surface area contributed by atoms with Crippen molar-refractivity contribution in [2.45, 2.75) is 46.1 Å². The van der Waals surface area contributed by atoms with Crippen molar-refractivity contribution in [2.75, 3.05) is 13.2 Å². The molecule has 1 aliphatic rings. The standard InChI is InChI=1S/C18H25NO3/c1-4-6-9-19-18(20)8-7-14-11-17-15(10-13(3)22-17)12-16(14)21-5-2/h7-8,11-13H,4-6,9-10H2,1-3H3,(H,19,20)/b8-7+. The number of amides is 1. The lowest BCUT2D eigenvalue weighted by Crippen LogP contribution is -2.21. The maximum Gasteiger partial charge on any atom is 0.244 e. The number of hydrogen-bond donors (Lipinski definition) is 1. The van der Waals surface area contributed by atoms with Crippen LogP contribution >= 0.6 is 0 Å². The number of carbonyl (C=O) groups excluding carboxylic acids is 1. The molecule has 0 bridgehead atoms. The average Bonchev–Trinajstić information content (AvgIpc) is 2.84. The Morgan fingerprint density at radius 2 is 2.27 bits per heavy atom. The fraction of sp³-hybridized carbons (Fsp3) is 0.500. The maximum absolute atomic E-state index is 11.8. The first-order chi connectivity index (χ1) is 10.6. The molecule has 4 heteroatoms. The molecule has 2 rings (SSSR count). The first-order valence-corrected chi connectivity index (χ1v) is 8.06. The molecule has 1 N–H and O–H groups in total. The summed E-state index contributed by atoms with van der Waals surface area (Å²) in [6.07, 6.45) is 6.50. The van der Waals surface area contributed by atoms with Crippen LogP contribution < -0.4 is 14.8 Å². The molecule has 1 aliphatic heterocycles. The predicted molar refractivity (Wildman–Crippen MR) is 88.4 cm³/mol. The van der Waals surface area contributed by atoms with E-state index in [1.54, 1.807) is 12.2 Å². The summed E-state index contributed by atoms with van der Waals surface area (Å²) in [6.45, 7) is 7.41. The number of carbonyl (C=O) groups is 1. The zero-order valence-electron chi connectivity index (χ0n) is 13.6. The Labute approximate surface area is 132 Å². The zero-order chi connectivity index (χ0) is 15.9. The molecule has 0 radical (unpaired) electrons. The molecule has 1 heterocycles. The Hall–Kier alpha value is -1.97. The molecule has 0 aliphatic carbocycles. The van der Waals surface area contributed by atoms with Crippen LogP contribution in [-0.2, 0) is 11.2 Å². The molecule has 1 atom stereocenters. The van der Waals surface area contributed by atoms with Crippen molar-refractivity contribution < 1.29 is 14.3 Å². The van der Waals surface area contributed by atoms with E-state index >= 15 is 0 Å². The Morgan fingerprint density at radius 1 is 1.45 bits per heavy atom. The van der Waals surface area contributed by atoms with E-state index in [-0.39, 0.29) is 12.0 Å². The number of fused-ring (bicyclic) bond motifs is 1. The predicted octanol–water partition coefficient (Wildman–Crippen LogP) is 3.34. The van der Waals surface area contributed by atoms with Crippen LogP contribution in [0, 0.1) is 0 Å². The Balaban J connectivity index is 2.12. The summed E-state index contributed by atoms with van der Waals surface area (Å²) in [5.41, 5.74) is 2.04. The van der Waals surface area contributed by atoms with Crippen molar-refractivity contribution in [2.24, 2.45) is 0 Å². The highest BCUT2D eigenvalue weighted by atomic mass is 16.5. The largest absolute Gasteiger partial charge is 0.493 e. The van der Waals surface area contributed by atoms with Gasteiger partial charge >= 0.3 is 0 Å². The number of ether oxygens (including phenoxy) is 2. The Kier molecular flexibility index (Phi) is 5.87. The molecule has 0 saturated heterocycles. The summed E-state index contributed by atoms with van der Waals surface area (Å²) >= 11 is 0. The van der Waals surface area contributed by atoms with Gasteiger partial charge in [-0.2, -0.15) is 0 Å². The molecule has 120 valence electrons. The summed E-state index contributed by atoms with van der Waals surface area (Å²) < 4.78 is 11.5. The SMILES string of the molecule is CCCCNC(=O)/C=C/c1cc2c(cc1OCC)CC(C)O2. The Morgan fingerprint density at radius 3 is 3.00 bits per heavy atom. The molecule has 0 spiro atoms. The van der Waals surface area contributed by atoms with Crippen LogP contribution in [-0.4, -0.2) is 25.2 Å². The number of rotatable bonds is 7. The third-order valence-corrected chi connectivity index (χ3v) is 3.57. The molecular formula is C18H25NO3. The van der Waals surface area contributed by atoms with Crippen molar-refractivity contribution in [3.63, 3.8) is 0 Å². The van der Waals surface area contributed by atoms with E-state index in [1.807, 2.05) is 19.1 Å². The molecule has 0 saturated carbocycles. The molecule has 0 fully saturated rings. The van der Waals surface area contributed by atoms with Crippen molar-refractivity contribution in [1.82, 2.24) is 5.32 Å². The number of hydrogen-bond acceptors (Lipinski definition) is 3. The van der Waals surface area contributed by atoms with Gasteiger partial charge in [0.15, 0.2) is 0 Å². The smallest absolute Gasteiger partial charge is 0.244 e. The van der Waals surface area contributed by atoms with Gasteiger partial charge in [-0.15, -0.1) is 0 Å².